The number of hydrogen-bond donors (Lipinski definition) is 2. The Morgan fingerprint density at radius 2 is 1.58 bits per heavy atom. The lowest BCUT2D eigenvalue weighted by Gasteiger charge is -2.14. The van der Waals surface area contributed by atoms with Crippen molar-refractivity contribution >= 4 is 17.9 Å². The lowest BCUT2D eigenvalue weighted by atomic mass is 10.1. The van der Waals surface area contributed by atoms with E-state index in [-0.39, 0.29) is 12.5 Å². The number of amides is 3. The SMILES string of the molecule is COc1cc(CC(=O)OCC(=O)NC(=O)NC(C)C)cc(OC)c1OC. The number of urea groups is 1. The summed E-state index contributed by atoms with van der Waals surface area (Å²) in [7, 11) is 4.40. The molecule has 26 heavy (non-hydrogen) atoms. The standard InChI is InChI=1S/C17H24N2O7/c1-10(2)18-17(22)19-14(20)9-26-15(21)8-11-6-12(23-3)16(25-5)13(7-11)24-4/h6-7,10H,8-9H2,1-5H3,(H2,18,19,20,22). The van der Waals surface area contributed by atoms with Crippen LogP contribution in [0.25, 0.3) is 0 Å². The highest BCUT2D eigenvalue weighted by molar-refractivity contribution is 5.95. The first-order valence-electron chi connectivity index (χ1n) is 7.85. The summed E-state index contributed by atoms with van der Waals surface area (Å²) in [5.74, 6) is -0.154. The number of benzene rings is 1. The fourth-order valence-electron chi connectivity index (χ4n) is 2.06. The van der Waals surface area contributed by atoms with Crippen LogP contribution in [0.2, 0.25) is 0 Å². The first-order chi connectivity index (χ1) is 12.3. The van der Waals surface area contributed by atoms with E-state index in [0.717, 1.165) is 0 Å². The molecule has 1 aromatic carbocycles. The molecule has 0 atom stereocenters. The molecule has 0 spiro atoms. The number of esters is 1. The van der Waals surface area contributed by atoms with E-state index < -0.39 is 24.5 Å². The number of nitrogens with one attached hydrogen (secondary N) is 2. The number of ether oxygens (including phenoxy) is 4. The number of carbonyl (C=O) groups is 3. The third-order valence-electron chi connectivity index (χ3n) is 3.11. The fraction of sp³-hybridized carbons (Fsp3) is 0.471. The van der Waals surface area contributed by atoms with Gasteiger partial charge in [0.1, 0.15) is 0 Å². The Kier molecular flexibility index (Phi) is 8.20. The smallest absolute Gasteiger partial charge is 0.321 e. The number of methoxy groups -OCH3 is 3. The molecule has 0 saturated carbocycles. The molecule has 9 heteroatoms. The third-order valence-corrected chi connectivity index (χ3v) is 3.11. The number of hydrogen-bond acceptors (Lipinski definition) is 7. The van der Waals surface area contributed by atoms with E-state index in [9.17, 15) is 14.4 Å². The van der Waals surface area contributed by atoms with Crippen LogP contribution in [0.15, 0.2) is 12.1 Å². The van der Waals surface area contributed by atoms with E-state index in [1.165, 1.54) is 21.3 Å². The van der Waals surface area contributed by atoms with E-state index in [0.29, 0.717) is 22.8 Å². The molecule has 0 aromatic heterocycles. The third kappa shape index (κ3) is 6.50. The van der Waals surface area contributed by atoms with Gasteiger partial charge in [-0.25, -0.2) is 4.79 Å². The van der Waals surface area contributed by atoms with E-state index in [2.05, 4.69) is 10.6 Å². The fourth-order valence-corrected chi connectivity index (χ4v) is 2.06. The summed E-state index contributed by atoms with van der Waals surface area (Å²) in [5, 5.41) is 4.55. The molecule has 0 saturated heterocycles. The van der Waals surface area contributed by atoms with Crippen LogP contribution in [0.3, 0.4) is 0 Å². The molecule has 2 N–H and O–H groups in total. The molecule has 0 aliphatic rings. The summed E-state index contributed by atoms with van der Waals surface area (Å²) < 4.78 is 20.5. The van der Waals surface area contributed by atoms with Crippen molar-refractivity contribution < 1.29 is 33.3 Å². The highest BCUT2D eigenvalue weighted by Gasteiger charge is 2.16. The molecular weight excluding hydrogens is 344 g/mol. The normalized spacial score (nSPS) is 10.1. The highest BCUT2D eigenvalue weighted by Crippen LogP contribution is 2.38. The van der Waals surface area contributed by atoms with Crippen molar-refractivity contribution in [2.24, 2.45) is 0 Å². The molecule has 1 aromatic rings. The van der Waals surface area contributed by atoms with Crippen LogP contribution in [0.1, 0.15) is 19.4 Å². The van der Waals surface area contributed by atoms with Crippen LogP contribution in [0, 0.1) is 0 Å². The van der Waals surface area contributed by atoms with Crippen molar-refractivity contribution in [3.63, 3.8) is 0 Å². The lowest BCUT2D eigenvalue weighted by molar-refractivity contribution is -0.147. The monoisotopic (exact) mass is 368 g/mol. The molecule has 0 heterocycles. The van der Waals surface area contributed by atoms with E-state index in [1.54, 1.807) is 26.0 Å². The van der Waals surface area contributed by atoms with Crippen LogP contribution in [-0.4, -0.2) is 51.9 Å². The number of imide groups is 1. The van der Waals surface area contributed by atoms with Crippen molar-refractivity contribution in [2.45, 2.75) is 26.3 Å². The van der Waals surface area contributed by atoms with Crippen molar-refractivity contribution in [3.8, 4) is 17.2 Å². The van der Waals surface area contributed by atoms with Crippen molar-refractivity contribution in [1.29, 1.82) is 0 Å². The van der Waals surface area contributed by atoms with E-state index in [1.807, 2.05) is 0 Å². The van der Waals surface area contributed by atoms with Gasteiger partial charge in [-0.05, 0) is 31.5 Å². The van der Waals surface area contributed by atoms with Crippen molar-refractivity contribution in [3.05, 3.63) is 17.7 Å². The largest absolute Gasteiger partial charge is 0.493 e. The quantitative estimate of drug-likeness (QED) is 0.659. The first kappa shape index (κ1) is 21.1. The Morgan fingerprint density at radius 1 is 1.00 bits per heavy atom. The zero-order valence-corrected chi connectivity index (χ0v) is 15.5. The maximum Gasteiger partial charge on any atom is 0.321 e. The molecule has 0 fully saturated rings. The molecule has 1 rings (SSSR count). The molecule has 0 bridgehead atoms. The Labute approximate surface area is 151 Å². The summed E-state index contributed by atoms with van der Waals surface area (Å²) >= 11 is 0. The number of rotatable bonds is 8. The maximum atomic E-state index is 11.9. The van der Waals surface area contributed by atoms with Crippen LogP contribution in [0.4, 0.5) is 4.79 Å². The van der Waals surface area contributed by atoms with Crippen LogP contribution >= 0.6 is 0 Å². The summed E-state index contributed by atoms with van der Waals surface area (Å²) in [6, 6.07) is 2.45. The predicted molar refractivity (Wildman–Crippen MR) is 92.6 cm³/mol. The van der Waals surface area contributed by atoms with Gasteiger partial charge in [0.25, 0.3) is 5.91 Å². The molecule has 144 valence electrons. The molecule has 0 aliphatic heterocycles. The van der Waals surface area contributed by atoms with Gasteiger partial charge in [-0.1, -0.05) is 0 Å². The predicted octanol–water partition coefficient (Wildman–Crippen LogP) is 1.03. The Morgan fingerprint density at radius 3 is 2.04 bits per heavy atom. The second-order valence-electron chi connectivity index (χ2n) is 5.55. The zero-order valence-electron chi connectivity index (χ0n) is 15.5. The van der Waals surface area contributed by atoms with Gasteiger partial charge < -0.3 is 24.3 Å². The van der Waals surface area contributed by atoms with Gasteiger partial charge in [-0.2, -0.15) is 0 Å². The lowest BCUT2D eigenvalue weighted by Crippen LogP contribution is -2.44. The first-order valence-corrected chi connectivity index (χ1v) is 7.85. The Hall–Kier alpha value is -2.97. The highest BCUT2D eigenvalue weighted by atomic mass is 16.5. The van der Waals surface area contributed by atoms with E-state index >= 15 is 0 Å². The summed E-state index contributed by atoms with van der Waals surface area (Å²) in [6.45, 7) is 2.94. The summed E-state index contributed by atoms with van der Waals surface area (Å²) in [6.07, 6.45) is -0.109. The van der Waals surface area contributed by atoms with Gasteiger partial charge in [0, 0.05) is 6.04 Å². The molecule has 0 radical (unpaired) electrons. The van der Waals surface area contributed by atoms with Gasteiger partial charge >= 0.3 is 12.0 Å². The average molecular weight is 368 g/mol. The van der Waals surface area contributed by atoms with E-state index in [4.69, 9.17) is 18.9 Å². The van der Waals surface area contributed by atoms with Gasteiger partial charge in [-0.3, -0.25) is 14.9 Å². The molecule has 3 amide bonds. The minimum Gasteiger partial charge on any atom is -0.493 e. The van der Waals surface area contributed by atoms with Gasteiger partial charge in [0.2, 0.25) is 5.75 Å². The van der Waals surface area contributed by atoms with Gasteiger partial charge in [-0.15, -0.1) is 0 Å². The Bertz CT molecular complexity index is 634. The minimum atomic E-state index is -0.721. The van der Waals surface area contributed by atoms with Crippen LogP contribution in [0.5, 0.6) is 17.2 Å². The minimum absolute atomic E-state index is 0.109. The topological polar surface area (TPSA) is 112 Å². The zero-order chi connectivity index (χ0) is 19.7. The summed E-state index contributed by atoms with van der Waals surface area (Å²) in [4.78, 5) is 34.9. The second-order valence-corrected chi connectivity index (χ2v) is 5.55. The molecule has 0 aliphatic carbocycles. The molecular formula is C17H24N2O7. The molecule has 9 nitrogen and oxygen atoms in total. The summed E-state index contributed by atoms with van der Waals surface area (Å²) in [5.41, 5.74) is 0.558. The van der Waals surface area contributed by atoms with Crippen LogP contribution < -0.4 is 24.8 Å². The average Bonchev–Trinajstić information content (AvgIpc) is 2.58. The second kappa shape index (κ2) is 10.1. The van der Waals surface area contributed by atoms with Crippen LogP contribution in [-0.2, 0) is 20.7 Å². The molecule has 0 unspecified atom stereocenters. The van der Waals surface area contributed by atoms with Crippen molar-refractivity contribution in [2.75, 3.05) is 27.9 Å². The number of carbonyl (C=O) groups excluding carboxylic acids is 3. The van der Waals surface area contributed by atoms with Gasteiger partial charge in [0.15, 0.2) is 18.1 Å². The van der Waals surface area contributed by atoms with Gasteiger partial charge in [0.05, 0.1) is 27.8 Å². The Balaban J connectivity index is 2.63. The maximum absolute atomic E-state index is 11.9. The van der Waals surface area contributed by atoms with Crippen molar-refractivity contribution in [1.82, 2.24) is 10.6 Å².